The van der Waals surface area contributed by atoms with Crippen LogP contribution in [0.2, 0.25) is 0 Å². The number of nitrogens with one attached hydrogen (secondary N) is 2. The van der Waals surface area contributed by atoms with E-state index >= 15 is 0 Å². The molecular weight excluding hydrogens is 719 g/mol. The Bertz CT molecular complexity index is 2410. The molecule has 3 aromatic heterocycles. The molecule has 3 amide bonds. The molecule has 56 heavy (non-hydrogen) atoms. The Hall–Kier alpha value is -5.57. The highest BCUT2D eigenvalue weighted by Crippen LogP contribution is 2.39. The van der Waals surface area contributed by atoms with E-state index < -0.39 is 23.5 Å². The molecule has 1 unspecified atom stereocenters. The second-order valence-corrected chi connectivity index (χ2v) is 15.9. The molecule has 8 rings (SSSR count). The summed E-state index contributed by atoms with van der Waals surface area (Å²) in [6.45, 7) is 5.60. The first-order chi connectivity index (χ1) is 26.8. The number of piperidine rings is 1. The van der Waals surface area contributed by atoms with E-state index in [0.717, 1.165) is 72.8 Å². The van der Waals surface area contributed by atoms with E-state index in [2.05, 4.69) is 26.6 Å². The summed E-state index contributed by atoms with van der Waals surface area (Å²) in [4.78, 5) is 58.0. The Morgan fingerprint density at radius 3 is 2.45 bits per heavy atom. The Morgan fingerprint density at radius 2 is 1.75 bits per heavy atom. The normalized spacial score (nSPS) is 20.9. The molecule has 3 fully saturated rings. The van der Waals surface area contributed by atoms with Gasteiger partial charge in [0.1, 0.15) is 23.2 Å². The topological polar surface area (TPSA) is 155 Å². The standard InChI is InChI=1S/C41H47FN8O6/c1-41(2,42)34-15-14-32(55-4)36(44-34)39(53)43-29-17-24-22-49(46-28(24)18-33(29)56-5)26-11-9-23(10-12-26)19-48-20-25(21-48)27-7-6-8-30-37(27)47(3)40(54)50(30)31-13-16-35(51)45-38(31)52/h6-8,14-15,17-18,22-23,25-26,31H,9-13,16,19-21H2,1-5H3,(H,43,53)(H,45,51,52). The van der Waals surface area contributed by atoms with Crippen LogP contribution in [0.4, 0.5) is 10.1 Å². The van der Waals surface area contributed by atoms with E-state index in [1.54, 1.807) is 22.2 Å². The number of carbonyl (C=O) groups is 3. The number of methoxy groups -OCH3 is 2. The third-order valence-electron chi connectivity index (χ3n) is 11.8. The monoisotopic (exact) mass is 766 g/mol. The van der Waals surface area contributed by atoms with Gasteiger partial charge in [-0.25, -0.2) is 14.2 Å². The summed E-state index contributed by atoms with van der Waals surface area (Å²) >= 11 is 0. The summed E-state index contributed by atoms with van der Waals surface area (Å²) in [6, 6.07) is 12.2. The molecule has 5 heterocycles. The van der Waals surface area contributed by atoms with Gasteiger partial charge in [-0.05, 0) is 81.7 Å². The number of carbonyl (C=O) groups excluding carboxylic acids is 3. The maximum atomic E-state index is 14.7. The number of rotatable bonds is 10. The molecule has 3 aliphatic rings. The van der Waals surface area contributed by atoms with Crippen LogP contribution in [0.3, 0.4) is 0 Å². The van der Waals surface area contributed by atoms with Crippen LogP contribution in [-0.2, 0) is 22.3 Å². The number of alkyl halides is 1. The largest absolute Gasteiger partial charge is 0.494 e. The van der Waals surface area contributed by atoms with Crippen LogP contribution in [0.1, 0.15) is 92.1 Å². The van der Waals surface area contributed by atoms with Gasteiger partial charge < -0.3 is 19.7 Å². The fraction of sp³-hybridized carbons (Fsp3) is 0.463. The second kappa shape index (κ2) is 14.5. The summed E-state index contributed by atoms with van der Waals surface area (Å²) in [5.41, 5.74) is 2.02. The highest BCUT2D eigenvalue weighted by Gasteiger charge is 2.36. The minimum atomic E-state index is -1.74. The summed E-state index contributed by atoms with van der Waals surface area (Å²) in [5, 5.41) is 11.0. The number of fused-ring (bicyclic) bond motifs is 2. The second-order valence-electron chi connectivity index (χ2n) is 15.9. The van der Waals surface area contributed by atoms with Crippen molar-refractivity contribution in [1.29, 1.82) is 0 Å². The third kappa shape index (κ3) is 6.82. The number of amides is 3. The van der Waals surface area contributed by atoms with Crippen LogP contribution >= 0.6 is 0 Å². The van der Waals surface area contributed by atoms with Crippen molar-refractivity contribution >= 4 is 45.3 Å². The molecule has 5 aromatic rings. The van der Waals surface area contributed by atoms with Gasteiger partial charge in [-0.2, -0.15) is 5.10 Å². The van der Waals surface area contributed by atoms with Crippen molar-refractivity contribution in [1.82, 2.24) is 34.1 Å². The quantitative estimate of drug-likeness (QED) is 0.179. The molecule has 14 nitrogen and oxygen atoms in total. The number of pyridine rings is 1. The fourth-order valence-electron chi connectivity index (χ4n) is 8.71. The Balaban J connectivity index is 0.897. The van der Waals surface area contributed by atoms with Crippen LogP contribution < -0.4 is 25.8 Å². The van der Waals surface area contributed by atoms with Crippen molar-refractivity contribution in [3.05, 3.63) is 76.1 Å². The van der Waals surface area contributed by atoms with Crippen molar-refractivity contribution in [2.24, 2.45) is 13.0 Å². The molecule has 15 heteroatoms. The molecule has 2 saturated heterocycles. The number of hydrogen-bond acceptors (Lipinski definition) is 9. The first-order valence-corrected chi connectivity index (χ1v) is 19.2. The van der Waals surface area contributed by atoms with Crippen LogP contribution in [0.25, 0.3) is 21.9 Å². The van der Waals surface area contributed by atoms with Gasteiger partial charge in [0.05, 0.1) is 48.2 Å². The zero-order valence-electron chi connectivity index (χ0n) is 32.3. The van der Waals surface area contributed by atoms with E-state index in [1.165, 1.54) is 40.2 Å². The number of aryl methyl sites for hydroxylation is 1. The van der Waals surface area contributed by atoms with Crippen molar-refractivity contribution in [2.45, 2.75) is 76.0 Å². The lowest BCUT2D eigenvalue weighted by molar-refractivity contribution is -0.135. The van der Waals surface area contributed by atoms with E-state index in [1.807, 2.05) is 29.1 Å². The molecule has 2 aliphatic heterocycles. The average molecular weight is 767 g/mol. The number of hydrogen-bond donors (Lipinski definition) is 2. The van der Waals surface area contributed by atoms with E-state index in [4.69, 9.17) is 14.6 Å². The molecule has 2 aromatic carbocycles. The number of imide groups is 1. The zero-order chi connectivity index (χ0) is 39.5. The number of benzene rings is 2. The maximum Gasteiger partial charge on any atom is 0.329 e. The Kier molecular flexibility index (Phi) is 9.67. The van der Waals surface area contributed by atoms with Gasteiger partial charge in [0.25, 0.3) is 5.91 Å². The maximum absolute atomic E-state index is 14.7. The van der Waals surface area contributed by atoms with Crippen molar-refractivity contribution in [3.8, 4) is 11.5 Å². The minimum absolute atomic E-state index is 0.0230. The van der Waals surface area contributed by atoms with Gasteiger partial charge in [0.15, 0.2) is 5.69 Å². The van der Waals surface area contributed by atoms with Gasteiger partial charge in [-0.1, -0.05) is 12.1 Å². The highest BCUT2D eigenvalue weighted by molar-refractivity contribution is 6.06. The summed E-state index contributed by atoms with van der Waals surface area (Å²) in [7, 11) is 4.73. The first kappa shape index (κ1) is 37.4. The first-order valence-electron chi connectivity index (χ1n) is 19.2. The minimum Gasteiger partial charge on any atom is -0.494 e. The number of imidazole rings is 1. The number of nitrogens with zero attached hydrogens (tertiary/aromatic N) is 6. The Morgan fingerprint density at radius 1 is 1.00 bits per heavy atom. The van der Waals surface area contributed by atoms with Crippen LogP contribution in [0, 0.1) is 5.92 Å². The smallest absolute Gasteiger partial charge is 0.329 e. The molecule has 1 saturated carbocycles. The predicted octanol–water partition coefficient (Wildman–Crippen LogP) is 5.37. The Labute approximate surface area is 322 Å². The SMILES string of the molecule is COc1cc2nn(C3CCC(CN4CC(c5cccc6c5n(C)c(=O)n6C5CCC(=O)NC5=O)C4)CC3)cc2cc1NC(=O)c1nc(C(C)(C)F)ccc1OC. The van der Waals surface area contributed by atoms with E-state index in [0.29, 0.717) is 23.8 Å². The van der Waals surface area contributed by atoms with Gasteiger partial charge >= 0.3 is 5.69 Å². The highest BCUT2D eigenvalue weighted by atomic mass is 19.1. The van der Waals surface area contributed by atoms with Crippen LogP contribution in [0.5, 0.6) is 11.5 Å². The molecule has 1 aliphatic carbocycles. The fourth-order valence-corrected chi connectivity index (χ4v) is 8.71. The van der Waals surface area contributed by atoms with Crippen molar-refractivity contribution < 1.29 is 28.2 Å². The third-order valence-corrected chi connectivity index (χ3v) is 11.8. The van der Waals surface area contributed by atoms with Crippen LogP contribution in [0.15, 0.2) is 53.5 Å². The lowest BCUT2D eigenvalue weighted by Crippen LogP contribution is -2.47. The molecule has 294 valence electrons. The molecule has 2 N–H and O–H groups in total. The summed E-state index contributed by atoms with van der Waals surface area (Å²) < 4.78 is 30.9. The number of anilines is 1. The zero-order valence-corrected chi connectivity index (χ0v) is 32.3. The van der Waals surface area contributed by atoms with Gasteiger partial charge in [0.2, 0.25) is 11.8 Å². The lowest BCUT2D eigenvalue weighted by atomic mass is 9.83. The average Bonchev–Trinajstić information content (AvgIpc) is 3.69. The summed E-state index contributed by atoms with van der Waals surface area (Å²) in [5.74, 6) is 0.257. The molecule has 0 spiro atoms. The van der Waals surface area contributed by atoms with E-state index in [-0.39, 0.29) is 47.1 Å². The number of para-hydroxylation sites is 1. The van der Waals surface area contributed by atoms with Crippen molar-refractivity contribution in [2.75, 3.05) is 39.2 Å². The summed E-state index contributed by atoms with van der Waals surface area (Å²) in [6.07, 6.45) is 6.69. The van der Waals surface area contributed by atoms with Gasteiger partial charge in [-0.15, -0.1) is 0 Å². The molecule has 0 radical (unpaired) electrons. The number of halogens is 1. The molecular formula is C41H47FN8O6. The lowest BCUT2D eigenvalue weighted by Gasteiger charge is -2.43. The number of aromatic nitrogens is 5. The molecule has 0 bridgehead atoms. The van der Waals surface area contributed by atoms with Gasteiger partial charge in [-0.3, -0.25) is 33.5 Å². The number of ether oxygens (including phenoxy) is 2. The van der Waals surface area contributed by atoms with E-state index in [9.17, 15) is 23.6 Å². The predicted molar refractivity (Wildman–Crippen MR) is 208 cm³/mol. The molecule has 1 atom stereocenters. The van der Waals surface area contributed by atoms with Crippen LogP contribution in [-0.4, -0.2) is 80.4 Å². The number of likely N-dealkylation sites (tertiary alicyclic amines) is 1. The van der Waals surface area contributed by atoms with Gasteiger partial charge in [0, 0.05) is 56.7 Å². The van der Waals surface area contributed by atoms with Crippen molar-refractivity contribution in [3.63, 3.8) is 0 Å².